The lowest BCUT2D eigenvalue weighted by atomic mass is 9.99. The molecule has 0 unspecified atom stereocenters. The second kappa shape index (κ2) is 7.57. The van der Waals surface area contributed by atoms with Crippen molar-refractivity contribution in [3.8, 4) is 11.5 Å². The maximum atomic E-state index is 5.43. The van der Waals surface area contributed by atoms with Crippen molar-refractivity contribution in [3.05, 3.63) is 23.3 Å². The van der Waals surface area contributed by atoms with E-state index in [4.69, 9.17) is 9.47 Å². The number of fused-ring (bicyclic) bond motifs is 1. The van der Waals surface area contributed by atoms with Crippen molar-refractivity contribution in [1.29, 1.82) is 0 Å². The summed E-state index contributed by atoms with van der Waals surface area (Å²) in [5.41, 5.74) is 2.77. The lowest BCUT2D eigenvalue weighted by Gasteiger charge is -2.30. The van der Waals surface area contributed by atoms with Crippen LogP contribution in [-0.2, 0) is 13.0 Å². The minimum atomic E-state index is 0.728. The predicted molar refractivity (Wildman–Crippen MR) is 92.3 cm³/mol. The summed E-state index contributed by atoms with van der Waals surface area (Å²) < 4.78 is 10.8. The summed E-state index contributed by atoms with van der Waals surface area (Å²) in [6.45, 7) is 4.35. The second-order valence-corrected chi connectivity index (χ2v) is 7.17. The lowest BCUT2D eigenvalue weighted by Crippen LogP contribution is -2.39. The van der Waals surface area contributed by atoms with Gasteiger partial charge in [0.1, 0.15) is 0 Å². The molecule has 0 saturated carbocycles. The van der Waals surface area contributed by atoms with Gasteiger partial charge in [-0.05, 0) is 41.9 Å². The van der Waals surface area contributed by atoms with E-state index in [1.165, 1.54) is 29.1 Å². The highest BCUT2D eigenvalue weighted by Crippen LogP contribution is 2.33. The van der Waals surface area contributed by atoms with Crippen LogP contribution >= 0.6 is 11.8 Å². The van der Waals surface area contributed by atoms with Gasteiger partial charge in [0.25, 0.3) is 0 Å². The highest BCUT2D eigenvalue weighted by molar-refractivity contribution is 7.99. The first kappa shape index (κ1) is 16.0. The average Bonchev–Trinajstić information content (AvgIpc) is 3.06. The Balaban J connectivity index is 1.56. The van der Waals surface area contributed by atoms with Crippen LogP contribution in [0.3, 0.4) is 0 Å². The molecule has 0 aliphatic carbocycles. The second-order valence-electron chi connectivity index (χ2n) is 6.02. The van der Waals surface area contributed by atoms with Crippen molar-refractivity contribution >= 4 is 11.8 Å². The van der Waals surface area contributed by atoms with E-state index in [9.17, 15) is 0 Å². The molecule has 0 radical (unpaired) electrons. The zero-order valence-electron chi connectivity index (χ0n) is 13.6. The zero-order valence-corrected chi connectivity index (χ0v) is 14.4. The number of hydrogen-bond acceptors (Lipinski definition) is 5. The summed E-state index contributed by atoms with van der Waals surface area (Å²) in [6.07, 6.45) is 2.42. The minimum absolute atomic E-state index is 0.728. The SMILES string of the molecule is COc1cc2c(cc1OC)CN(CCN[C@H]1CCSC1)CC2. The molecular formula is C17H26N2O2S. The maximum absolute atomic E-state index is 5.43. The van der Waals surface area contributed by atoms with Crippen LogP contribution in [-0.4, -0.2) is 56.3 Å². The van der Waals surface area contributed by atoms with Crippen molar-refractivity contribution in [2.45, 2.75) is 25.4 Å². The number of benzene rings is 1. The van der Waals surface area contributed by atoms with E-state index < -0.39 is 0 Å². The Labute approximate surface area is 137 Å². The molecule has 3 rings (SSSR count). The topological polar surface area (TPSA) is 33.7 Å². The molecule has 4 nitrogen and oxygen atoms in total. The quantitative estimate of drug-likeness (QED) is 0.868. The maximum Gasteiger partial charge on any atom is 0.161 e. The molecule has 2 heterocycles. The number of thioether (sulfide) groups is 1. The van der Waals surface area contributed by atoms with Gasteiger partial charge in [0, 0.05) is 38.0 Å². The van der Waals surface area contributed by atoms with E-state index >= 15 is 0 Å². The van der Waals surface area contributed by atoms with Gasteiger partial charge < -0.3 is 14.8 Å². The number of hydrogen-bond donors (Lipinski definition) is 1. The van der Waals surface area contributed by atoms with Crippen LogP contribution in [0.25, 0.3) is 0 Å². The van der Waals surface area contributed by atoms with Gasteiger partial charge in [0.2, 0.25) is 0 Å². The number of nitrogens with zero attached hydrogens (tertiary/aromatic N) is 1. The lowest BCUT2D eigenvalue weighted by molar-refractivity contribution is 0.249. The summed E-state index contributed by atoms with van der Waals surface area (Å²) in [7, 11) is 3.40. The van der Waals surface area contributed by atoms with Gasteiger partial charge in [-0.3, -0.25) is 4.90 Å². The van der Waals surface area contributed by atoms with Crippen LogP contribution in [0.2, 0.25) is 0 Å². The third kappa shape index (κ3) is 3.70. The van der Waals surface area contributed by atoms with E-state index in [-0.39, 0.29) is 0 Å². The van der Waals surface area contributed by atoms with Crippen LogP contribution in [0.5, 0.6) is 11.5 Å². The molecule has 0 amide bonds. The molecule has 1 atom stereocenters. The van der Waals surface area contributed by atoms with Crippen molar-refractivity contribution < 1.29 is 9.47 Å². The predicted octanol–water partition coefficient (Wildman–Crippen LogP) is 2.16. The molecular weight excluding hydrogens is 296 g/mol. The Bertz CT molecular complexity index is 504. The highest BCUT2D eigenvalue weighted by atomic mass is 32.2. The monoisotopic (exact) mass is 322 g/mol. The number of methoxy groups -OCH3 is 2. The molecule has 5 heteroatoms. The Morgan fingerprint density at radius 3 is 2.68 bits per heavy atom. The average molecular weight is 322 g/mol. The number of ether oxygens (including phenoxy) is 2. The molecule has 22 heavy (non-hydrogen) atoms. The van der Waals surface area contributed by atoms with Crippen LogP contribution in [0.1, 0.15) is 17.5 Å². The molecule has 1 aromatic rings. The van der Waals surface area contributed by atoms with E-state index in [0.717, 1.165) is 50.1 Å². The highest BCUT2D eigenvalue weighted by Gasteiger charge is 2.20. The summed E-state index contributed by atoms with van der Waals surface area (Å²) in [5, 5.41) is 3.69. The van der Waals surface area contributed by atoms with E-state index in [2.05, 4.69) is 34.1 Å². The summed E-state index contributed by atoms with van der Waals surface area (Å²) in [5.74, 6) is 4.27. The Kier molecular flexibility index (Phi) is 5.50. The van der Waals surface area contributed by atoms with Crippen molar-refractivity contribution in [3.63, 3.8) is 0 Å². The standard InChI is InChI=1S/C17H26N2O2S/c1-20-16-9-13-3-6-19(11-14(13)10-17(16)21-2)7-5-18-15-4-8-22-12-15/h9-10,15,18H,3-8,11-12H2,1-2H3/t15-/m0/s1. The van der Waals surface area contributed by atoms with Crippen molar-refractivity contribution in [2.24, 2.45) is 0 Å². The molecule has 0 bridgehead atoms. The van der Waals surface area contributed by atoms with Crippen molar-refractivity contribution in [1.82, 2.24) is 10.2 Å². The first-order chi connectivity index (χ1) is 10.8. The third-order valence-electron chi connectivity index (χ3n) is 4.59. The minimum Gasteiger partial charge on any atom is -0.493 e. The van der Waals surface area contributed by atoms with Gasteiger partial charge in [-0.2, -0.15) is 11.8 Å². The van der Waals surface area contributed by atoms with Gasteiger partial charge in [-0.15, -0.1) is 0 Å². The van der Waals surface area contributed by atoms with Gasteiger partial charge in [0.05, 0.1) is 14.2 Å². The molecule has 2 aliphatic rings. The first-order valence-electron chi connectivity index (χ1n) is 8.07. The molecule has 0 aromatic heterocycles. The van der Waals surface area contributed by atoms with Crippen molar-refractivity contribution in [2.75, 3.05) is 45.4 Å². The summed E-state index contributed by atoms with van der Waals surface area (Å²) in [4.78, 5) is 2.53. The fraction of sp³-hybridized carbons (Fsp3) is 0.647. The molecule has 1 aromatic carbocycles. The van der Waals surface area contributed by atoms with Crippen LogP contribution in [0.15, 0.2) is 12.1 Å². The van der Waals surface area contributed by atoms with Gasteiger partial charge in [-0.25, -0.2) is 0 Å². The smallest absolute Gasteiger partial charge is 0.161 e. The molecule has 0 spiro atoms. The van der Waals surface area contributed by atoms with Gasteiger partial charge in [0.15, 0.2) is 11.5 Å². The fourth-order valence-corrected chi connectivity index (χ4v) is 4.44. The molecule has 2 aliphatic heterocycles. The van der Waals surface area contributed by atoms with Crippen LogP contribution < -0.4 is 14.8 Å². The zero-order chi connectivity index (χ0) is 15.4. The fourth-order valence-electron chi connectivity index (χ4n) is 3.25. The first-order valence-corrected chi connectivity index (χ1v) is 9.23. The third-order valence-corrected chi connectivity index (χ3v) is 5.75. The van der Waals surface area contributed by atoms with E-state index in [1.54, 1.807) is 14.2 Å². The van der Waals surface area contributed by atoms with Gasteiger partial charge in [-0.1, -0.05) is 0 Å². The Hall–Kier alpha value is -0.910. The Morgan fingerprint density at radius 2 is 2.00 bits per heavy atom. The summed E-state index contributed by atoms with van der Waals surface area (Å²) in [6, 6.07) is 5.01. The molecule has 1 saturated heterocycles. The molecule has 1 N–H and O–H groups in total. The molecule has 122 valence electrons. The number of rotatable bonds is 6. The van der Waals surface area contributed by atoms with Crippen LogP contribution in [0, 0.1) is 0 Å². The van der Waals surface area contributed by atoms with E-state index in [0.29, 0.717) is 0 Å². The van der Waals surface area contributed by atoms with Gasteiger partial charge >= 0.3 is 0 Å². The van der Waals surface area contributed by atoms with E-state index in [1.807, 2.05) is 0 Å². The molecule has 1 fully saturated rings. The van der Waals surface area contributed by atoms with Crippen LogP contribution in [0.4, 0.5) is 0 Å². The Morgan fingerprint density at radius 1 is 1.23 bits per heavy atom. The number of nitrogens with one attached hydrogen (secondary N) is 1. The largest absolute Gasteiger partial charge is 0.493 e. The summed E-state index contributed by atoms with van der Waals surface area (Å²) >= 11 is 2.06. The normalized spacial score (nSPS) is 21.6.